The van der Waals surface area contributed by atoms with Gasteiger partial charge >= 0.3 is 0 Å². The molecule has 66 heavy (non-hydrogen) atoms. The molecule has 0 N–H and O–H groups in total. The van der Waals surface area contributed by atoms with Gasteiger partial charge in [-0.2, -0.15) is 23.5 Å². The Morgan fingerprint density at radius 3 is 1.42 bits per heavy atom. The Hall–Kier alpha value is 0.620. The SMILES string of the molecule is C1CCC2C(C1)CC1C3CCCCC3SC21.C1CCC2C(C1)CC1SC3CCCCC3C12.CN1C2CCCCC2C2C3CCCCC3CC21.CN1C2CCCCC2C2CC3CCCCC3C21. The number of hydrogen-bond acceptors (Lipinski definition) is 4. The van der Waals surface area contributed by atoms with Crippen LogP contribution >= 0.6 is 23.5 Å². The smallest absolute Gasteiger partial charge is 0.0158 e. The third-order valence-corrected chi connectivity index (χ3v) is 29.3. The number of likely N-dealkylation sites (tertiary alicyclic amines) is 2. The molecule has 372 valence electrons. The van der Waals surface area contributed by atoms with Crippen molar-refractivity contribution >= 4 is 23.5 Å². The zero-order chi connectivity index (χ0) is 43.9. The molecular formula is C62H102N2S2. The van der Waals surface area contributed by atoms with E-state index in [2.05, 4.69) is 47.4 Å². The van der Waals surface area contributed by atoms with Gasteiger partial charge in [0.15, 0.2) is 0 Å². The van der Waals surface area contributed by atoms with Crippen molar-refractivity contribution in [2.45, 2.75) is 276 Å². The summed E-state index contributed by atoms with van der Waals surface area (Å²) in [5.74, 6) is 18.1. The summed E-state index contributed by atoms with van der Waals surface area (Å²) in [6.45, 7) is 0. The lowest BCUT2D eigenvalue weighted by Gasteiger charge is -2.37. The second-order valence-corrected chi connectivity index (χ2v) is 30.8. The summed E-state index contributed by atoms with van der Waals surface area (Å²) in [5, 5.41) is 4.39. The fraction of sp³-hybridized carbons (Fsp3) is 1.00. The molecule has 4 aliphatic heterocycles. The monoisotopic (exact) mass is 939 g/mol. The maximum absolute atomic E-state index is 2.85. The van der Waals surface area contributed by atoms with Crippen molar-refractivity contribution < 1.29 is 0 Å². The average Bonchev–Trinajstić information content (AvgIpc) is 4.25. The number of thioether (sulfide) groups is 2. The van der Waals surface area contributed by atoms with Crippen LogP contribution in [0.25, 0.3) is 0 Å². The fourth-order valence-electron chi connectivity index (χ4n) is 23.2. The summed E-state index contributed by atoms with van der Waals surface area (Å²) in [4.78, 5) is 5.68. The van der Waals surface area contributed by atoms with Crippen LogP contribution in [0, 0.1) is 94.7 Å². The van der Waals surface area contributed by atoms with Gasteiger partial charge in [0, 0.05) is 45.2 Å². The molecule has 4 saturated heterocycles. The molecule has 0 aromatic heterocycles. The first-order valence-electron chi connectivity index (χ1n) is 31.3. The van der Waals surface area contributed by atoms with Gasteiger partial charge in [-0.3, -0.25) is 9.80 Å². The maximum atomic E-state index is 2.85. The number of fused-ring (bicyclic) bond motifs is 20. The summed E-state index contributed by atoms with van der Waals surface area (Å²) < 4.78 is 0. The first-order chi connectivity index (χ1) is 32.6. The van der Waals surface area contributed by atoms with Crippen LogP contribution in [0.15, 0.2) is 0 Å². The van der Waals surface area contributed by atoms with Gasteiger partial charge in [-0.25, -0.2) is 0 Å². The van der Waals surface area contributed by atoms with Crippen molar-refractivity contribution in [3.63, 3.8) is 0 Å². The number of rotatable bonds is 0. The quantitative estimate of drug-likeness (QED) is 0.239. The van der Waals surface area contributed by atoms with Crippen molar-refractivity contribution in [2.75, 3.05) is 14.1 Å². The minimum absolute atomic E-state index is 0.974. The molecule has 0 aromatic carbocycles. The molecular weight excluding hydrogens is 837 g/mol. The Kier molecular flexibility index (Phi) is 14.2. The van der Waals surface area contributed by atoms with Crippen LogP contribution in [0.2, 0.25) is 0 Å². The third kappa shape index (κ3) is 8.38. The van der Waals surface area contributed by atoms with Crippen molar-refractivity contribution in [3.8, 4) is 0 Å². The number of hydrogen-bond donors (Lipinski definition) is 0. The van der Waals surface area contributed by atoms with E-state index in [-0.39, 0.29) is 0 Å². The van der Waals surface area contributed by atoms with Gasteiger partial charge in [-0.15, -0.1) is 0 Å². The highest BCUT2D eigenvalue weighted by Gasteiger charge is 2.59. The van der Waals surface area contributed by atoms with E-state index >= 15 is 0 Å². The minimum atomic E-state index is 0.974. The zero-order valence-corrected chi connectivity index (χ0v) is 44.7. The molecule has 0 spiro atoms. The van der Waals surface area contributed by atoms with Crippen LogP contribution < -0.4 is 0 Å². The highest BCUT2D eigenvalue weighted by molar-refractivity contribution is 8.01. The molecule has 12 saturated carbocycles. The lowest BCUT2D eigenvalue weighted by atomic mass is 9.70. The van der Waals surface area contributed by atoms with Crippen LogP contribution in [-0.4, -0.2) is 69.1 Å². The van der Waals surface area contributed by atoms with Gasteiger partial charge < -0.3 is 0 Å². The van der Waals surface area contributed by atoms with Gasteiger partial charge in [0.25, 0.3) is 0 Å². The first-order valence-corrected chi connectivity index (χ1v) is 33.2. The van der Waals surface area contributed by atoms with Gasteiger partial charge in [-0.05, 0) is 212 Å². The molecule has 0 bridgehead atoms. The second-order valence-electron chi connectivity index (χ2n) is 27.9. The second kappa shape index (κ2) is 20.1. The molecule has 12 aliphatic carbocycles. The Balaban J connectivity index is 0.0000000878. The molecule has 16 fully saturated rings. The molecule has 4 heterocycles. The van der Waals surface area contributed by atoms with Crippen LogP contribution in [0.3, 0.4) is 0 Å². The number of nitrogens with zero attached hydrogens (tertiary/aromatic N) is 2. The molecule has 2 nitrogen and oxygen atoms in total. The third-order valence-electron chi connectivity index (χ3n) is 25.6. The standard InChI is InChI=1S/2C16H27N.2C15H24S/c1-17-15-9-5-4-8-13(15)14-10-11-6-2-3-7-12(11)16(14)17;1-17-14-9-5-4-8-13(14)16-12-7-3-2-6-11(12)10-15(16)17;1-2-6-11-10(5-1)9-13-12-7-3-4-8-14(12)16-15(11)13;1-2-6-11-10(5-1)9-14-15(11)12-7-3-4-8-13(12)16-14/h2*11-16H,2-10H2,1H3;2*10-15H,1-9H2. The Labute approximate surface area is 416 Å². The minimum Gasteiger partial charge on any atom is -0.300 e. The van der Waals surface area contributed by atoms with Crippen molar-refractivity contribution in [2.24, 2.45) is 94.7 Å². The predicted octanol–water partition coefficient (Wildman–Crippen LogP) is 16.3. The molecule has 0 radical (unpaired) electrons. The van der Waals surface area contributed by atoms with Gasteiger partial charge in [0.1, 0.15) is 0 Å². The summed E-state index contributed by atoms with van der Waals surface area (Å²) in [7, 11) is 4.91. The van der Waals surface area contributed by atoms with Crippen LogP contribution in [0.1, 0.15) is 231 Å². The lowest BCUT2D eigenvalue weighted by Crippen LogP contribution is -2.40. The molecule has 0 amide bonds. The lowest BCUT2D eigenvalue weighted by molar-refractivity contribution is 0.120. The largest absolute Gasteiger partial charge is 0.300 e. The molecule has 16 aliphatic rings. The van der Waals surface area contributed by atoms with Gasteiger partial charge in [0.05, 0.1) is 0 Å². The van der Waals surface area contributed by atoms with Crippen molar-refractivity contribution in [3.05, 3.63) is 0 Å². The zero-order valence-electron chi connectivity index (χ0n) is 43.0. The summed E-state index contributed by atoms with van der Waals surface area (Å²) in [5.41, 5.74) is 0. The van der Waals surface area contributed by atoms with Crippen LogP contribution in [0.5, 0.6) is 0 Å². The Morgan fingerprint density at radius 1 is 0.273 bits per heavy atom. The van der Waals surface area contributed by atoms with Crippen molar-refractivity contribution in [1.82, 2.24) is 9.80 Å². The highest BCUT2D eigenvalue weighted by atomic mass is 32.2. The van der Waals surface area contributed by atoms with E-state index < -0.39 is 0 Å². The van der Waals surface area contributed by atoms with E-state index in [1.807, 2.05) is 0 Å². The van der Waals surface area contributed by atoms with Crippen LogP contribution in [0.4, 0.5) is 0 Å². The van der Waals surface area contributed by atoms with E-state index in [0.29, 0.717) is 0 Å². The van der Waals surface area contributed by atoms with Crippen LogP contribution in [-0.2, 0) is 0 Å². The first kappa shape index (κ1) is 46.4. The topological polar surface area (TPSA) is 6.48 Å². The van der Waals surface area contributed by atoms with E-state index in [9.17, 15) is 0 Å². The van der Waals surface area contributed by atoms with E-state index in [1.54, 1.807) is 154 Å². The highest BCUT2D eigenvalue weighted by Crippen LogP contribution is 2.64. The van der Waals surface area contributed by atoms with E-state index in [0.717, 1.165) is 128 Å². The van der Waals surface area contributed by atoms with Gasteiger partial charge in [0.2, 0.25) is 0 Å². The fourth-order valence-corrected chi connectivity index (χ4v) is 27.7. The predicted molar refractivity (Wildman–Crippen MR) is 283 cm³/mol. The molecule has 24 unspecified atom stereocenters. The Bertz CT molecular complexity index is 1550. The maximum Gasteiger partial charge on any atom is 0.0158 e. The molecule has 4 heteroatoms. The Morgan fingerprint density at radius 2 is 0.727 bits per heavy atom. The molecule has 24 atom stereocenters. The summed E-state index contributed by atoms with van der Waals surface area (Å²) in [6, 6.07) is 3.92. The van der Waals surface area contributed by atoms with E-state index in [1.165, 1.54) is 88.9 Å². The normalized spacial score (nSPS) is 54.8. The van der Waals surface area contributed by atoms with Gasteiger partial charge in [-0.1, -0.05) is 128 Å². The summed E-state index contributed by atoms with van der Waals surface area (Å²) >= 11 is 4.88. The van der Waals surface area contributed by atoms with Crippen molar-refractivity contribution in [1.29, 1.82) is 0 Å². The van der Waals surface area contributed by atoms with E-state index in [4.69, 9.17) is 0 Å². The average molecular weight is 940 g/mol. The molecule has 0 aromatic rings. The summed E-state index contributed by atoms with van der Waals surface area (Å²) in [6.07, 6.45) is 55.8. The molecule has 16 rings (SSSR count).